The summed E-state index contributed by atoms with van der Waals surface area (Å²) in [5.41, 5.74) is 7.16. The first-order valence-electron chi connectivity index (χ1n) is 8.99. The van der Waals surface area contributed by atoms with Gasteiger partial charge in [0, 0.05) is 31.3 Å². The third-order valence-corrected chi connectivity index (χ3v) is 5.45. The van der Waals surface area contributed by atoms with Gasteiger partial charge in [-0.1, -0.05) is 29.8 Å². The van der Waals surface area contributed by atoms with Gasteiger partial charge < -0.3 is 21.0 Å². The molecular weight excluding hydrogens is 378 g/mol. The maximum atomic E-state index is 13.2. The first-order chi connectivity index (χ1) is 13.5. The summed E-state index contributed by atoms with van der Waals surface area (Å²) in [5, 5.41) is 35.9. The van der Waals surface area contributed by atoms with Crippen LogP contribution in [0.2, 0.25) is 5.02 Å². The van der Waals surface area contributed by atoms with Crippen LogP contribution in [-0.4, -0.2) is 19.1 Å². The van der Waals surface area contributed by atoms with Gasteiger partial charge in [0.25, 0.3) is 11.0 Å². The topological polar surface area (TPSA) is 107 Å². The predicted octanol–water partition coefficient (Wildman–Crippen LogP) is 2.23. The normalized spacial score (nSPS) is 15.0. The van der Waals surface area contributed by atoms with E-state index in [1.165, 1.54) is 6.07 Å². The summed E-state index contributed by atoms with van der Waals surface area (Å²) in [7, 11) is 0. The van der Waals surface area contributed by atoms with Crippen molar-refractivity contribution in [2.24, 2.45) is 5.73 Å². The summed E-state index contributed by atoms with van der Waals surface area (Å²) >= 11 is 6.43. The number of fused-ring (bicyclic) bond motifs is 1. The predicted molar refractivity (Wildman–Crippen MR) is 106 cm³/mol. The van der Waals surface area contributed by atoms with Crippen molar-refractivity contribution >= 4 is 28.3 Å². The van der Waals surface area contributed by atoms with Crippen molar-refractivity contribution in [1.82, 2.24) is 0 Å². The van der Waals surface area contributed by atoms with Crippen LogP contribution >= 0.6 is 11.6 Å². The lowest BCUT2D eigenvalue weighted by Crippen LogP contribution is -2.44. The van der Waals surface area contributed by atoms with Crippen LogP contribution in [0, 0.1) is 21.7 Å². The van der Waals surface area contributed by atoms with Gasteiger partial charge in [0.15, 0.2) is 6.07 Å². The number of piperidine rings is 1. The first-order valence-corrected chi connectivity index (χ1v) is 9.37. The van der Waals surface area contributed by atoms with E-state index in [1.807, 2.05) is 6.07 Å². The van der Waals surface area contributed by atoms with E-state index in [2.05, 4.69) is 4.90 Å². The molecule has 0 atom stereocenters. The molecule has 0 spiro atoms. The van der Waals surface area contributed by atoms with Crippen molar-refractivity contribution in [3.63, 3.8) is 0 Å². The lowest BCUT2D eigenvalue weighted by molar-refractivity contribution is -0.622. The second-order valence-electron chi connectivity index (χ2n) is 6.88. The van der Waals surface area contributed by atoms with Crippen LogP contribution in [-0.2, 0) is 0 Å². The van der Waals surface area contributed by atoms with Crippen LogP contribution in [0.3, 0.4) is 0 Å². The number of anilines is 1. The van der Waals surface area contributed by atoms with Gasteiger partial charge in [0.2, 0.25) is 0 Å². The molecule has 2 aromatic carbocycles. The van der Waals surface area contributed by atoms with Crippen molar-refractivity contribution in [1.29, 1.82) is 5.26 Å². The average Bonchev–Trinajstić information content (AvgIpc) is 2.71. The summed E-state index contributed by atoms with van der Waals surface area (Å²) in [4.78, 5) is 2.07. The summed E-state index contributed by atoms with van der Waals surface area (Å²) in [5.74, 6) is 0. The van der Waals surface area contributed by atoms with Crippen LogP contribution in [0.25, 0.3) is 22.3 Å². The van der Waals surface area contributed by atoms with Gasteiger partial charge in [-0.15, -0.1) is 4.73 Å². The smallest absolute Gasteiger partial charge is 0.369 e. The van der Waals surface area contributed by atoms with Gasteiger partial charge in [-0.25, -0.2) is 0 Å². The van der Waals surface area contributed by atoms with E-state index in [4.69, 9.17) is 17.3 Å². The Balaban J connectivity index is 1.96. The van der Waals surface area contributed by atoms with E-state index in [0.29, 0.717) is 25.7 Å². The van der Waals surface area contributed by atoms with Gasteiger partial charge in [0.05, 0.1) is 16.3 Å². The molecule has 4 rings (SSSR count). The van der Waals surface area contributed by atoms with Crippen molar-refractivity contribution < 1.29 is 9.46 Å². The van der Waals surface area contributed by atoms with E-state index in [-0.39, 0.29) is 28.5 Å². The maximum absolute atomic E-state index is 13.2. The highest BCUT2D eigenvalue weighted by Crippen LogP contribution is 2.32. The minimum Gasteiger partial charge on any atom is -0.617 e. The Hall–Kier alpha value is -3.08. The molecule has 28 heavy (non-hydrogen) atoms. The molecule has 7 nitrogen and oxygen atoms in total. The third-order valence-electron chi connectivity index (χ3n) is 5.15. The molecule has 1 saturated heterocycles. The van der Waals surface area contributed by atoms with Crippen LogP contribution in [0.4, 0.5) is 5.69 Å². The van der Waals surface area contributed by atoms with Crippen molar-refractivity contribution in [3.05, 3.63) is 63.6 Å². The van der Waals surface area contributed by atoms with Crippen LogP contribution in [0.15, 0.2) is 42.5 Å². The fourth-order valence-electron chi connectivity index (χ4n) is 3.63. The number of hydrogen-bond donors (Lipinski definition) is 1. The standard InChI is InChI=1S/C20H18ClN5O2/c21-15-10-17-18(11-16(15)24-8-6-14(23)7-9-24)26(28)20(19(12-22)25(17)27)13-4-2-1-3-5-13/h1-5,10-11,14H,6-9,23H2. The van der Waals surface area contributed by atoms with Crippen LogP contribution in [0.5, 0.6) is 0 Å². The molecule has 1 aliphatic rings. The minimum absolute atomic E-state index is 0.0274. The van der Waals surface area contributed by atoms with Gasteiger partial charge >= 0.3 is 11.4 Å². The molecular formula is C20H18ClN5O2. The summed E-state index contributed by atoms with van der Waals surface area (Å²) in [6.45, 7) is 1.45. The molecule has 3 aromatic rings. The molecule has 0 radical (unpaired) electrons. The van der Waals surface area contributed by atoms with E-state index >= 15 is 0 Å². The Kier molecular flexibility index (Phi) is 4.67. The Morgan fingerprint density at radius 3 is 2.36 bits per heavy atom. The minimum atomic E-state index is -0.263. The molecule has 0 bridgehead atoms. The zero-order chi connectivity index (χ0) is 19.8. The highest BCUT2D eigenvalue weighted by molar-refractivity contribution is 6.34. The third kappa shape index (κ3) is 2.97. The van der Waals surface area contributed by atoms with E-state index < -0.39 is 0 Å². The monoisotopic (exact) mass is 395 g/mol. The zero-order valence-corrected chi connectivity index (χ0v) is 15.8. The lowest BCUT2D eigenvalue weighted by atomic mass is 10.0. The first kappa shape index (κ1) is 18.3. The number of nitrogens with zero attached hydrogens (tertiary/aromatic N) is 4. The SMILES string of the molecule is N#Cc1c(-c2ccccc2)[n+]([O-])c2cc(N3CCC(N)CC3)c(Cl)cc2[n+]1[O-]. The number of nitriles is 1. The van der Waals surface area contributed by atoms with Gasteiger partial charge in [0.1, 0.15) is 0 Å². The number of nitrogens with two attached hydrogens (primary N) is 1. The summed E-state index contributed by atoms with van der Waals surface area (Å²) < 4.78 is 1.13. The van der Waals surface area contributed by atoms with Crippen molar-refractivity contribution in [2.45, 2.75) is 18.9 Å². The molecule has 1 aliphatic heterocycles. The molecule has 2 N–H and O–H groups in total. The van der Waals surface area contributed by atoms with E-state index in [1.54, 1.807) is 36.4 Å². The second-order valence-corrected chi connectivity index (χ2v) is 7.29. The summed E-state index contributed by atoms with van der Waals surface area (Å²) in [6.07, 6.45) is 1.66. The Bertz CT molecular complexity index is 1090. The van der Waals surface area contributed by atoms with Gasteiger partial charge in [-0.05, 0) is 25.0 Å². The molecule has 0 aliphatic carbocycles. The zero-order valence-electron chi connectivity index (χ0n) is 15.0. The fraction of sp³-hybridized carbons (Fsp3) is 0.250. The van der Waals surface area contributed by atoms with Gasteiger partial charge in [-0.3, -0.25) is 0 Å². The Morgan fingerprint density at radius 2 is 1.71 bits per heavy atom. The maximum Gasteiger partial charge on any atom is 0.369 e. The number of halogens is 1. The lowest BCUT2D eigenvalue weighted by Gasteiger charge is -2.32. The van der Waals surface area contributed by atoms with Crippen LogP contribution < -0.4 is 20.1 Å². The quantitative estimate of drug-likeness (QED) is 0.528. The highest BCUT2D eigenvalue weighted by Gasteiger charge is 2.31. The number of aromatic nitrogens is 2. The molecule has 0 amide bonds. The summed E-state index contributed by atoms with van der Waals surface area (Å²) in [6, 6.07) is 13.8. The molecule has 8 heteroatoms. The van der Waals surface area contributed by atoms with Crippen molar-refractivity contribution in [2.75, 3.05) is 18.0 Å². The molecule has 1 fully saturated rings. The second kappa shape index (κ2) is 7.15. The highest BCUT2D eigenvalue weighted by atomic mass is 35.5. The number of rotatable bonds is 2. The van der Waals surface area contributed by atoms with Gasteiger partial charge in [-0.2, -0.15) is 9.99 Å². The Morgan fingerprint density at radius 1 is 1.07 bits per heavy atom. The van der Waals surface area contributed by atoms with Crippen LogP contribution in [0.1, 0.15) is 18.5 Å². The molecule has 0 saturated carbocycles. The fourth-order valence-corrected chi connectivity index (χ4v) is 3.91. The molecule has 142 valence electrons. The average molecular weight is 396 g/mol. The van der Waals surface area contributed by atoms with E-state index in [9.17, 15) is 15.7 Å². The number of benzene rings is 2. The molecule has 2 heterocycles. The molecule has 1 aromatic heterocycles. The van der Waals surface area contributed by atoms with E-state index in [0.717, 1.165) is 25.9 Å². The number of hydrogen-bond acceptors (Lipinski definition) is 5. The largest absolute Gasteiger partial charge is 0.617 e. The van der Waals surface area contributed by atoms with Crippen molar-refractivity contribution in [3.8, 4) is 17.3 Å². The Labute approximate surface area is 167 Å². The molecule has 0 unspecified atom stereocenters.